The average molecular weight is 425 g/mol. The predicted molar refractivity (Wildman–Crippen MR) is 112 cm³/mol. The third-order valence-electron chi connectivity index (χ3n) is 5.49. The summed E-state index contributed by atoms with van der Waals surface area (Å²) in [5, 5.41) is 10.4. The largest absolute Gasteiger partial charge is 0.444 e. The molecule has 1 aliphatic heterocycles. The smallest absolute Gasteiger partial charge is 0.205 e. The number of ether oxygens (including phenoxy) is 1. The molecular weight excluding hydrogens is 407 g/mol. The Morgan fingerprint density at radius 3 is 2.41 bits per heavy atom. The summed E-state index contributed by atoms with van der Waals surface area (Å²) >= 11 is 12.2. The van der Waals surface area contributed by atoms with E-state index in [1.165, 1.54) is 0 Å². The quantitative estimate of drug-likeness (QED) is 0.689. The number of carbonyl (C=O) groups is 1. The SMILES string of the molecule is Cc1ccc([C@H]2CC(=O)C3=C(C2)OC(N)=C(C#N)[C@@H]3c2ccc(Cl)c(Cl)c2)cc1. The minimum atomic E-state index is -0.606. The van der Waals surface area contributed by atoms with Crippen molar-refractivity contribution in [3.8, 4) is 6.07 Å². The number of benzene rings is 2. The highest BCUT2D eigenvalue weighted by Crippen LogP contribution is 2.47. The summed E-state index contributed by atoms with van der Waals surface area (Å²) in [4.78, 5) is 13.2. The second-order valence-corrected chi connectivity index (χ2v) is 8.19. The first kappa shape index (κ1) is 19.6. The van der Waals surface area contributed by atoms with E-state index in [9.17, 15) is 10.1 Å². The third-order valence-corrected chi connectivity index (χ3v) is 6.23. The van der Waals surface area contributed by atoms with Gasteiger partial charge in [0.1, 0.15) is 17.4 Å². The van der Waals surface area contributed by atoms with Gasteiger partial charge in [0, 0.05) is 18.4 Å². The van der Waals surface area contributed by atoms with Crippen molar-refractivity contribution in [1.29, 1.82) is 5.26 Å². The Hall–Kier alpha value is -2.74. The van der Waals surface area contributed by atoms with Crippen LogP contribution < -0.4 is 5.73 Å². The monoisotopic (exact) mass is 424 g/mol. The van der Waals surface area contributed by atoms with E-state index in [2.05, 4.69) is 6.07 Å². The Kier molecular flexibility index (Phi) is 5.12. The molecule has 0 aromatic heterocycles. The van der Waals surface area contributed by atoms with Gasteiger partial charge in [-0.2, -0.15) is 5.26 Å². The first-order valence-electron chi connectivity index (χ1n) is 9.24. The van der Waals surface area contributed by atoms with Crippen molar-refractivity contribution < 1.29 is 9.53 Å². The highest BCUT2D eigenvalue weighted by molar-refractivity contribution is 6.42. The fourth-order valence-corrected chi connectivity index (χ4v) is 4.31. The van der Waals surface area contributed by atoms with E-state index in [1.807, 2.05) is 31.2 Å². The van der Waals surface area contributed by atoms with Gasteiger partial charge in [0.2, 0.25) is 5.88 Å². The van der Waals surface area contributed by atoms with Crippen LogP contribution in [-0.2, 0) is 9.53 Å². The lowest BCUT2D eigenvalue weighted by Gasteiger charge is -2.34. The Morgan fingerprint density at radius 1 is 1.07 bits per heavy atom. The van der Waals surface area contributed by atoms with Crippen LogP contribution in [0.1, 0.15) is 41.4 Å². The maximum Gasteiger partial charge on any atom is 0.205 e. The van der Waals surface area contributed by atoms with Gasteiger partial charge in [-0.05, 0) is 36.1 Å². The normalized spacial score (nSPS) is 21.5. The molecule has 0 radical (unpaired) electrons. The van der Waals surface area contributed by atoms with Crippen LogP contribution in [0.5, 0.6) is 0 Å². The zero-order chi connectivity index (χ0) is 20.7. The minimum Gasteiger partial charge on any atom is -0.444 e. The standard InChI is InChI=1S/C23H18Cl2N2O2/c1-12-2-4-13(5-3-12)15-9-19(28)22-20(10-15)29-23(27)16(11-26)21(22)14-6-7-17(24)18(25)8-14/h2-8,15,21H,9-10,27H2,1H3/t15-,21-/m0/s1. The van der Waals surface area contributed by atoms with E-state index in [-0.39, 0.29) is 23.2 Å². The third kappa shape index (κ3) is 3.53. The second kappa shape index (κ2) is 7.59. The lowest BCUT2D eigenvalue weighted by Crippen LogP contribution is -2.29. The Bertz CT molecular complexity index is 1110. The fraction of sp³-hybridized carbons (Fsp3) is 0.217. The summed E-state index contributed by atoms with van der Waals surface area (Å²) in [6.07, 6.45) is 0.892. The predicted octanol–water partition coefficient (Wildman–Crippen LogP) is 5.51. The van der Waals surface area contributed by atoms with E-state index in [0.29, 0.717) is 39.8 Å². The van der Waals surface area contributed by atoms with Crippen molar-refractivity contribution in [3.63, 3.8) is 0 Å². The van der Waals surface area contributed by atoms with Gasteiger partial charge in [-0.3, -0.25) is 4.79 Å². The van der Waals surface area contributed by atoms with E-state index >= 15 is 0 Å². The number of hydrogen-bond donors (Lipinski definition) is 1. The number of nitriles is 1. The van der Waals surface area contributed by atoms with Crippen LogP contribution in [0.2, 0.25) is 10.0 Å². The van der Waals surface area contributed by atoms with Gasteiger partial charge in [-0.25, -0.2) is 0 Å². The van der Waals surface area contributed by atoms with Crippen molar-refractivity contribution in [2.75, 3.05) is 0 Å². The Labute approximate surface area is 179 Å². The summed E-state index contributed by atoms with van der Waals surface area (Å²) in [7, 11) is 0. The van der Waals surface area contributed by atoms with Crippen LogP contribution in [0.3, 0.4) is 0 Å². The number of aryl methyl sites for hydroxylation is 1. The van der Waals surface area contributed by atoms with Crippen molar-refractivity contribution >= 4 is 29.0 Å². The molecule has 29 heavy (non-hydrogen) atoms. The number of ketones is 1. The fourth-order valence-electron chi connectivity index (χ4n) is 4.01. The van der Waals surface area contributed by atoms with Gasteiger partial charge in [-0.15, -0.1) is 0 Å². The first-order chi connectivity index (χ1) is 13.9. The Morgan fingerprint density at radius 2 is 1.76 bits per heavy atom. The summed E-state index contributed by atoms with van der Waals surface area (Å²) in [6, 6.07) is 15.3. The lowest BCUT2D eigenvalue weighted by atomic mass is 9.73. The molecule has 0 unspecified atom stereocenters. The molecule has 2 aromatic rings. The second-order valence-electron chi connectivity index (χ2n) is 7.37. The van der Waals surface area contributed by atoms with Crippen LogP contribution >= 0.6 is 23.2 Å². The van der Waals surface area contributed by atoms with Crippen molar-refractivity contribution in [1.82, 2.24) is 0 Å². The first-order valence-corrected chi connectivity index (χ1v) is 10.00. The number of halogens is 2. The van der Waals surface area contributed by atoms with E-state index in [4.69, 9.17) is 33.7 Å². The highest BCUT2D eigenvalue weighted by atomic mass is 35.5. The van der Waals surface area contributed by atoms with Gasteiger partial charge in [-0.1, -0.05) is 59.1 Å². The zero-order valence-electron chi connectivity index (χ0n) is 15.7. The number of nitrogens with two attached hydrogens (primary N) is 1. The van der Waals surface area contributed by atoms with Gasteiger partial charge < -0.3 is 10.5 Å². The van der Waals surface area contributed by atoms with E-state index in [0.717, 1.165) is 11.1 Å². The molecule has 0 fully saturated rings. The molecule has 0 spiro atoms. The van der Waals surface area contributed by atoms with Crippen molar-refractivity contribution in [2.24, 2.45) is 5.73 Å². The molecule has 146 valence electrons. The summed E-state index contributed by atoms with van der Waals surface area (Å²) in [5.41, 5.74) is 9.70. The summed E-state index contributed by atoms with van der Waals surface area (Å²) in [6.45, 7) is 2.03. The summed E-state index contributed by atoms with van der Waals surface area (Å²) < 4.78 is 5.78. The molecule has 0 saturated heterocycles. The van der Waals surface area contributed by atoms with Gasteiger partial charge in [0.25, 0.3) is 0 Å². The van der Waals surface area contributed by atoms with Gasteiger partial charge in [0.15, 0.2) is 5.78 Å². The van der Waals surface area contributed by atoms with Gasteiger partial charge in [0.05, 0.1) is 16.0 Å². The number of rotatable bonds is 2. The molecule has 2 aromatic carbocycles. The molecule has 0 bridgehead atoms. The number of Topliss-reactive ketones (excluding diaryl/α,β-unsaturated/α-hetero) is 1. The van der Waals surface area contributed by atoms with E-state index < -0.39 is 5.92 Å². The molecule has 1 heterocycles. The lowest BCUT2D eigenvalue weighted by molar-refractivity contribution is -0.117. The van der Waals surface area contributed by atoms with Crippen LogP contribution in [0.25, 0.3) is 0 Å². The van der Waals surface area contributed by atoms with Crippen LogP contribution in [0.4, 0.5) is 0 Å². The number of hydrogen-bond acceptors (Lipinski definition) is 4. The van der Waals surface area contributed by atoms with Crippen LogP contribution in [0, 0.1) is 18.3 Å². The van der Waals surface area contributed by atoms with E-state index in [1.54, 1.807) is 18.2 Å². The number of nitrogens with zero attached hydrogens (tertiary/aromatic N) is 1. The summed E-state index contributed by atoms with van der Waals surface area (Å²) in [5.74, 6) is -0.0926. The molecular formula is C23H18Cl2N2O2. The molecule has 1 aliphatic carbocycles. The molecule has 2 aliphatic rings. The minimum absolute atomic E-state index is 0.00717. The molecule has 0 amide bonds. The van der Waals surface area contributed by atoms with Gasteiger partial charge >= 0.3 is 0 Å². The zero-order valence-corrected chi connectivity index (χ0v) is 17.2. The highest BCUT2D eigenvalue weighted by Gasteiger charge is 2.41. The maximum absolute atomic E-state index is 13.2. The topological polar surface area (TPSA) is 76.1 Å². The Balaban J connectivity index is 1.79. The van der Waals surface area contributed by atoms with Crippen molar-refractivity contribution in [3.05, 3.63) is 92.0 Å². The van der Waals surface area contributed by atoms with Crippen LogP contribution in [-0.4, -0.2) is 5.78 Å². The number of allylic oxidation sites excluding steroid dienone is 3. The molecule has 2 atom stereocenters. The van der Waals surface area contributed by atoms with Crippen molar-refractivity contribution in [2.45, 2.75) is 31.6 Å². The maximum atomic E-state index is 13.2. The van der Waals surface area contributed by atoms with Crippen LogP contribution in [0.15, 0.2) is 65.3 Å². The average Bonchev–Trinajstić information content (AvgIpc) is 2.69. The molecule has 2 N–H and O–H groups in total. The molecule has 0 saturated carbocycles. The number of carbonyl (C=O) groups excluding carboxylic acids is 1. The molecule has 4 nitrogen and oxygen atoms in total. The molecule has 6 heteroatoms. The molecule has 4 rings (SSSR count).